The van der Waals surface area contributed by atoms with E-state index in [2.05, 4.69) is 39.7 Å². The van der Waals surface area contributed by atoms with Gasteiger partial charge < -0.3 is 20.2 Å². The van der Waals surface area contributed by atoms with Crippen LogP contribution in [0.4, 0.5) is 5.69 Å². The zero-order valence-corrected chi connectivity index (χ0v) is 16.7. The molecule has 1 amide bonds. The zero-order chi connectivity index (χ0) is 19.4. The lowest BCUT2D eigenvalue weighted by molar-refractivity contribution is -0.115. The number of amides is 1. The lowest BCUT2D eigenvalue weighted by Crippen LogP contribution is -2.43. The van der Waals surface area contributed by atoms with Gasteiger partial charge in [-0.25, -0.2) is 4.79 Å². The summed E-state index contributed by atoms with van der Waals surface area (Å²) in [6, 6.07) is 5.33. The Morgan fingerprint density at radius 1 is 1.22 bits per heavy atom. The van der Waals surface area contributed by atoms with Gasteiger partial charge in [0.15, 0.2) is 0 Å². The average Bonchev–Trinajstić information content (AvgIpc) is 3.11. The predicted molar refractivity (Wildman–Crippen MR) is 111 cm³/mol. The number of carboxylic acid groups (broad SMARTS) is 1. The van der Waals surface area contributed by atoms with Crippen LogP contribution >= 0.6 is 10.9 Å². The number of thiol groups is 1. The van der Waals surface area contributed by atoms with Gasteiger partial charge in [0, 0.05) is 38.4 Å². The van der Waals surface area contributed by atoms with Crippen molar-refractivity contribution < 1.29 is 14.7 Å². The molecule has 0 aliphatic carbocycles. The molecule has 0 bridgehead atoms. The molecule has 1 fully saturated rings. The lowest BCUT2D eigenvalue weighted by Gasteiger charge is -2.37. The number of carboxylic acids is 1. The fourth-order valence-electron chi connectivity index (χ4n) is 3.27. The summed E-state index contributed by atoms with van der Waals surface area (Å²) < 4.78 is 0. The molecular formula is C20H27N3O3S. The summed E-state index contributed by atoms with van der Waals surface area (Å²) >= 11 is 0. The van der Waals surface area contributed by atoms with Crippen molar-refractivity contribution in [3.05, 3.63) is 51.9 Å². The molecule has 1 aromatic rings. The number of likely N-dealkylation sites (N-methyl/N-ethyl adjacent to an activating group) is 1. The Morgan fingerprint density at radius 3 is 2.63 bits per heavy atom. The molecule has 27 heavy (non-hydrogen) atoms. The van der Waals surface area contributed by atoms with Crippen molar-refractivity contribution in [3.63, 3.8) is 0 Å². The molecule has 1 unspecified atom stereocenters. The minimum Gasteiger partial charge on any atom is -0.478 e. The van der Waals surface area contributed by atoms with Gasteiger partial charge in [-0.15, -0.1) is 0 Å². The molecule has 0 aromatic heterocycles. The summed E-state index contributed by atoms with van der Waals surface area (Å²) in [5.41, 5.74) is 1.50. The highest BCUT2D eigenvalue weighted by Crippen LogP contribution is 2.46. The van der Waals surface area contributed by atoms with Crippen LogP contribution in [-0.4, -0.2) is 60.0 Å². The van der Waals surface area contributed by atoms with E-state index in [-0.39, 0.29) is 11.5 Å². The summed E-state index contributed by atoms with van der Waals surface area (Å²) in [5, 5.41) is 15.8. The number of hydrogen-bond donors (Lipinski definition) is 3. The van der Waals surface area contributed by atoms with E-state index >= 15 is 0 Å². The molecule has 1 aromatic carbocycles. The van der Waals surface area contributed by atoms with Gasteiger partial charge in [-0.05, 0) is 36.2 Å². The van der Waals surface area contributed by atoms with Crippen molar-refractivity contribution in [1.82, 2.24) is 9.80 Å². The number of hydrogen-bond acceptors (Lipinski definition) is 4. The number of nitrogens with zero attached hydrogens (tertiary/aromatic N) is 2. The number of benzene rings is 1. The number of aromatic carboxylic acids is 1. The van der Waals surface area contributed by atoms with E-state index in [1.54, 1.807) is 19.1 Å². The normalized spacial score (nSPS) is 21.2. The summed E-state index contributed by atoms with van der Waals surface area (Å²) in [6.45, 7) is 5.94. The van der Waals surface area contributed by atoms with Crippen LogP contribution in [0.3, 0.4) is 0 Å². The summed E-state index contributed by atoms with van der Waals surface area (Å²) in [7, 11) is 1.67. The Bertz CT molecular complexity index is 783. The minimum absolute atomic E-state index is 0.151. The molecule has 1 atom stereocenters. The predicted octanol–water partition coefficient (Wildman–Crippen LogP) is 2.85. The fourth-order valence-corrected chi connectivity index (χ4v) is 5.42. The summed E-state index contributed by atoms with van der Waals surface area (Å²) in [4.78, 5) is 28.1. The zero-order valence-electron chi connectivity index (χ0n) is 15.8. The highest BCUT2D eigenvalue weighted by Gasteiger charge is 2.22. The molecule has 7 heteroatoms. The molecule has 2 aliphatic heterocycles. The molecule has 1 saturated heterocycles. The molecule has 6 nitrogen and oxygen atoms in total. The Hall–Kier alpha value is -2.25. The van der Waals surface area contributed by atoms with E-state index in [0.29, 0.717) is 12.1 Å². The molecule has 2 heterocycles. The van der Waals surface area contributed by atoms with Gasteiger partial charge in [0.25, 0.3) is 0 Å². The largest absolute Gasteiger partial charge is 0.478 e. The van der Waals surface area contributed by atoms with Crippen LogP contribution in [0, 0.1) is 0 Å². The van der Waals surface area contributed by atoms with E-state index in [9.17, 15) is 14.7 Å². The van der Waals surface area contributed by atoms with Crippen LogP contribution in [0.25, 0.3) is 0 Å². The Kier molecular flexibility index (Phi) is 6.23. The van der Waals surface area contributed by atoms with Crippen molar-refractivity contribution in [2.45, 2.75) is 19.1 Å². The molecular weight excluding hydrogens is 362 g/mol. The third kappa shape index (κ3) is 4.73. The van der Waals surface area contributed by atoms with Crippen LogP contribution in [0.15, 0.2) is 40.8 Å². The van der Waals surface area contributed by atoms with Crippen molar-refractivity contribution in [1.29, 1.82) is 0 Å². The van der Waals surface area contributed by atoms with Gasteiger partial charge >= 0.3 is 5.97 Å². The first-order valence-electron chi connectivity index (χ1n) is 9.22. The van der Waals surface area contributed by atoms with Crippen LogP contribution in [-0.2, 0) is 10.5 Å². The van der Waals surface area contributed by atoms with E-state index in [4.69, 9.17) is 0 Å². The number of piperazine rings is 1. The molecule has 2 aliphatic rings. The first-order valence-corrected chi connectivity index (χ1v) is 10.8. The maximum atomic E-state index is 11.6. The van der Waals surface area contributed by atoms with Crippen molar-refractivity contribution in [2.75, 3.05) is 38.5 Å². The second kappa shape index (κ2) is 8.63. The number of allylic oxidation sites excluding steroid dienone is 2. The molecule has 0 radical (unpaired) electrons. The molecule has 2 N–H and O–H groups in total. The van der Waals surface area contributed by atoms with Gasteiger partial charge in [-0.1, -0.05) is 19.1 Å². The smallest absolute Gasteiger partial charge is 0.337 e. The van der Waals surface area contributed by atoms with Gasteiger partial charge in [-0.2, -0.15) is 10.9 Å². The first kappa shape index (κ1) is 19.5. The number of carbonyl (C=O) groups is 2. The maximum absolute atomic E-state index is 11.6. The molecule has 0 spiro atoms. The summed E-state index contributed by atoms with van der Waals surface area (Å²) in [5.74, 6) is -0.395. The van der Waals surface area contributed by atoms with Crippen molar-refractivity contribution in [3.8, 4) is 0 Å². The first-order chi connectivity index (χ1) is 13.0. The van der Waals surface area contributed by atoms with E-state index in [1.165, 1.54) is 5.03 Å². The SMILES string of the molecule is CCC(=O)Nc1ccc(C[SH]2C=CC=C2N2CCN(C)CC2)cc1C(=O)O. The standard InChI is InChI=1S/C20H27N3O3S/c1-3-18(24)21-17-7-6-15(13-16(17)20(25)26)14-27-12-4-5-19(27)23-10-8-22(2)9-11-23/h4-7,12-13,27H,3,8-11,14H2,1-2H3,(H,21,24)(H,25,26). The second-order valence-corrected chi connectivity index (χ2v) is 8.88. The van der Waals surface area contributed by atoms with Crippen LogP contribution in [0.5, 0.6) is 0 Å². The third-order valence-electron chi connectivity index (χ3n) is 4.90. The summed E-state index contributed by atoms with van der Waals surface area (Å²) in [6.07, 6.45) is 4.63. The van der Waals surface area contributed by atoms with E-state index < -0.39 is 16.9 Å². The van der Waals surface area contributed by atoms with Crippen molar-refractivity contribution >= 4 is 28.5 Å². The van der Waals surface area contributed by atoms with Gasteiger partial charge in [0.2, 0.25) is 5.91 Å². The Labute approximate surface area is 162 Å². The molecule has 0 saturated carbocycles. The Balaban J connectivity index is 1.74. The second-order valence-electron chi connectivity index (χ2n) is 6.87. The maximum Gasteiger partial charge on any atom is 0.337 e. The van der Waals surface area contributed by atoms with Crippen LogP contribution in [0.1, 0.15) is 29.3 Å². The average molecular weight is 390 g/mol. The number of nitrogens with one attached hydrogen (secondary N) is 1. The topological polar surface area (TPSA) is 72.9 Å². The molecule has 146 valence electrons. The van der Waals surface area contributed by atoms with Gasteiger partial charge in [-0.3, -0.25) is 4.79 Å². The van der Waals surface area contributed by atoms with E-state index in [0.717, 1.165) is 37.5 Å². The highest BCUT2D eigenvalue weighted by atomic mass is 32.2. The van der Waals surface area contributed by atoms with E-state index in [1.807, 2.05) is 6.07 Å². The van der Waals surface area contributed by atoms with Gasteiger partial charge in [0.05, 0.1) is 16.3 Å². The van der Waals surface area contributed by atoms with Crippen LogP contribution in [0.2, 0.25) is 0 Å². The monoisotopic (exact) mass is 389 g/mol. The van der Waals surface area contributed by atoms with Gasteiger partial charge in [0.1, 0.15) is 0 Å². The fraction of sp³-hybridized carbons (Fsp3) is 0.400. The number of carbonyl (C=O) groups excluding carboxylic acids is 1. The third-order valence-corrected chi connectivity index (χ3v) is 7.15. The molecule has 3 rings (SSSR count). The van der Waals surface area contributed by atoms with Crippen LogP contribution < -0.4 is 5.32 Å². The quantitative estimate of drug-likeness (QED) is 0.653. The minimum atomic E-state index is -1.02. The number of rotatable bonds is 6. The number of anilines is 1. The van der Waals surface area contributed by atoms with Crippen molar-refractivity contribution in [2.24, 2.45) is 0 Å². The lowest BCUT2D eigenvalue weighted by atomic mass is 10.1. The highest BCUT2D eigenvalue weighted by molar-refractivity contribution is 8.22. The Morgan fingerprint density at radius 2 is 1.96 bits per heavy atom.